The molecule has 17 heavy (non-hydrogen) atoms. The lowest BCUT2D eigenvalue weighted by Crippen LogP contribution is -2.41. The van der Waals surface area contributed by atoms with Gasteiger partial charge in [-0.1, -0.05) is 36.7 Å². The number of aromatic hydroxyl groups is 1. The highest BCUT2D eigenvalue weighted by Crippen LogP contribution is 2.23. The van der Waals surface area contributed by atoms with Crippen LogP contribution in [-0.4, -0.2) is 17.1 Å². The third-order valence-electron chi connectivity index (χ3n) is 2.85. The summed E-state index contributed by atoms with van der Waals surface area (Å²) in [6.45, 7) is 8.11. The van der Waals surface area contributed by atoms with Gasteiger partial charge in [-0.15, -0.1) is 0 Å². The topological polar surface area (TPSA) is 49.3 Å². The van der Waals surface area contributed by atoms with Crippen LogP contribution in [0.5, 0.6) is 5.75 Å². The average molecular weight is 300 g/mol. The van der Waals surface area contributed by atoms with Crippen LogP contribution in [0, 0.1) is 5.41 Å². The van der Waals surface area contributed by atoms with Crippen LogP contribution < -0.4 is 5.32 Å². The van der Waals surface area contributed by atoms with Crippen LogP contribution >= 0.6 is 15.9 Å². The average Bonchev–Trinajstić information content (AvgIpc) is 2.20. The molecule has 0 fully saturated rings. The van der Waals surface area contributed by atoms with Gasteiger partial charge in [0.2, 0.25) is 0 Å². The van der Waals surface area contributed by atoms with Crippen LogP contribution in [0.4, 0.5) is 0 Å². The molecule has 1 unspecified atom stereocenters. The zero-order valence-corrected chi connectivity index (χ0v) is 12.1. The Hall–Kier alpha value is -1.03. The maximum Gasteiger partial charge on any atom is 0.255 e. The quantitative estimate of drug-likeness (QED) is 0.880. The normalized spacial score (nSPS) is 13.2. The van der Waals surface area contributed by atoms with E-state index >= 15 is 0 Å². The van der Waals surface area contributed by atoms with Gasteiger partial charge in [0.15, 0.2) is 0 Å². The molecule has 94 valence electrons. The van der Waals surface area contributed by atoms with E-state index < -0.39 is 0 Å². The Morgan fingerprint density at radius 1 is 1.41 bits per heavy atom. The van der Waals surface area contributed by atoms with Crippen molar-refractivity contribution < 1.29 is 9.90 Å². The summed E-state index contributed by atoms with van der Waals surface area (Å²) >= 11 is 3.28. The first-order valence-electron chi connectivity index (χ1n) is 5.51. The summed E-state index contributed by atoms with van der Waals surface area (Å²) < 4.78 is 0.767. The van der Waals surface area contributed by atoms with E-state index in [-0.39, 0.29) is 28.7 Å². The molecule has 1 aromatic carbocycles. The monoisotopic (exact) mass is 299 g/mol. The maximum absolute atomic E-state index is 12.0. The predicted octanol–water partition coefficient (Wildman–Crippen LogP) is 3.32. The van der Waals surface area contributed by atoms with Gasteiger partial charge in [-0.05, 0) is 30.5 Å². The number of hydrogen-bond acceptors (Lipinski definition) is 2. The van der Waals surface area contributed by atoms with Gasteiger partial charge >= 0.3 is 0 Å². The van der Waals surface area contributed by atoms with Crippen LogP contribution in [0.25, 0.3) is 0 Å². The van der Waals surface area contributed by atoms with E-state index in [1.165, 1.54) is 6.07 Å². The van der Waals surface area contributed by atoms with Crippen LogP contribution in [0.15, 0.2) is 22.7 Å². The lowest BCUT2D eigenvalue weighted by molar-refractivity contribution is 0.0907. The fourth-order valence-electron chi connectivity index (χ4n) is 1.18. The molecule has 0 bridgehead atoms. The van der Waals surface area contributed by atoms with Crippen molar-refractivity contribution in [2.24, 2.45) is 5.41 Å². The molecule has 0 saturated carbocycles. The van der Waals surface area contributed by atoms with Crippen LogP contribution in [-0.2, 0) is 0 Å². The molecule has 3 nitrogen and oxygen atoms in total. The zero-order valence-electron chi connectivity index (χ0n) is 10.5. The second kappa shape index (κ2) is 5.08. The van der Waals surface area contributed by atoms with Gasteiger partial charge < -0.3 is 10.4 Å². The third-order valence-corrected chi connectivity index (χ3v) is 3.34. The number of phenols is 1. The largest absolute Gasteiger partial charge is 0.507 e. The van der Waals surface area contributed by atoms with Crippen LogP contribution in [0.1, 0.15) is 38.1 Å². The van der Waals surface area contributed by atoms with Crippen molar-refractivity contribution in [3.8, 4) is 5.75 Å². The molecular formula is C13H18BrNO2. The van der Waals surface area contributed by atoms with Crippen molar-refractivity contribution in [2.75, 3.05) is 0 Å². The first-order chi connectivity index (χ1) is 7.71. The summed E-state index contributed by atoms with van der Waals surface area (Å²) in [6, 6.07) is 4.83. The number of amides is 1. The Morgan fingerprint density at radius 3 is 2.53 bits per heavy atom. The van der Waals surface area contributed by atoms with E-state index in [4.69, 9.17) is 0 Å². The van der Waals surface area contributed by atoms with Crippen molar-refractivity contribution in [3.05, 3.63) is 28.2 Å². The summed E-state index contributed by atoms with van der Waals surface area (Å²) in [7, 11) is 0. The number of carbonyl (C=O) groups is 1. The van der Waals surface area contributed by atoms with E-state index in [0.29, 0.717) is 0 Å². The number of nitrogens with one attached hydrogen (secondary N) is 1. The number of halogens is 1. The van der Waals surface area contributed by atoms with E-state index in [1.54, 1.807) is 12.1 Å². The number of carbonyl (C=O) groups excluding carboxylic acids is 1. The Balaban J connectivity index is 2.87. The molecule has 4 heteroatoms. The highest BCUT2D eigenvalue weighted by atomic mass is 79.9. The van der Waals surface area contributed by atoms with E-state index in [9.17, 15) is 9.90 Å². The molecule has 1 aromatic rings. The molecule has 1 rings (SSSR count). The number of benzene rings is 1. The fourth-order valence-corrected chi connectivity index (χ4v) is 1.54. The number of hydrogen-bond donors (Lipinski definition) is 2. The molecule has 2 N–H and O–H groups in total. The second-order valence-corrected chi connectivity index (χ2v) is 6.14. The summed E-state index contributed by atoms with van der Waals surface area (Å²) in [6.07, 6.45) is 0. The first kappa shape index (κ1) is 14.0. The Bertz CT molecular complexity index is 424. The van der Waals surface area contributed by atoms with Gasteiger partial charge in [-0.25, -0.2) is 0 Å². The van der Waals surface area contributed by atoms with Gasteiger partial charge in [-0.3, -0.25) is 4.79 Å². The Morgan fingerprint density at radius 2 is 2.00 bits per heavy atom. The minimum absolute atomic E-state index is 0.00758. The summed E-state index contributed by atoms with van der Waals surface area (Å²) in [5.41, 5.74) is 0.271. The lowest BCUT2D eigenvalue weighted by Gasteiger charge is -2.28. The second-order valence-electron chi connectivity index (χ2n) is 5.22. The highest BCUT2D eigenvalue weighted by molar-refractivity contribution is 9.10. The Labute approximate surface area is 110 Å². The molecule has 0 spiro atoms. The SMILES string of the molecule is CC(NC(=O)c1cc(Br)ccc1O)C(C)(C)C. The number of rotatable bonds is 2. The van der Waals surface area contributed by atoms with Gasteiger partial charge in [-0.2, -0.15) is 0 Å². The fraction of sp³-hybridized carbons (Fsp3) is 0.462. The van der Waals surface area contributed by atoms with Crippen molar-refractivity contribution in [1.29, 1.82) is 0 Å². The van der Waals surface area contributed by atoms with Crippen molar-refractivity contribution in [3.63, 3.8) is 0 Å². The minimum atomic E-state index is -0.258. The maximum atomic E-state index is 12.0. The first-order valence-corrected chi connectivity index (χ1v) is 6.30. The third kappa shape index (κ3) is 3.73. The Kier molecular flexibility index (Phi) is 4.20. The highest BCUT2D eigenvalue weighted by Gasteiger charge is 2.23. The molecule has 0 radical (unpaired) electrons. The summed E-state index contributed by atoms with van der Waals surface area (Å²) in [5, 5.41) is 12.5. The molecule has 0 saturated heterocycles. The molecule has 1 amide bonds. The van der Waals surface area contributed by atoms with Gasteiger partial charge in [0, 0.05) is 10.5 Å². The molecule has 0 aliphatic rings. The summed E-state index contributed by atoms with van der Waals surface area (Å²) in [5.74, 6) is -0.266. The van der Waals surface area contributed by atoms with Gasteiger partial charge in [0.25, 0.3) is 5.91 Å². The lowest BCUT2D eigenvalue weighted by atomic mass is 9.88. The smallest absolute Gasteiger partial charge is 0.255 e. The predicted molar refractivity (Wildman–Crippen MR) is 72.2 cm³/mol. The van der Waals surface area contributed by atoms with Gasteiger partial charge in [0.05, 0.1) is 5.56 Å². The molecule has 0 aliphatic heterocycles. The van der Waals surface area contributed by atoms with Crippen LogP contribution in [0.3, 0.4) is 0 Å². The van der Waals surface area contributed by atoms with E-state index in [2.05, 4.69) is 42.0 Å². The van der Waals surface area contributed by atoms with Crippen molar-refractivity contribution >= 4 is 21.8 Å². The zero-order chi connectivity index (χ0) is 13.2. The number of phenolic OH excluding ortho intramolecular Hbond substituents is 1. The van der Waals surface area contributed by atoms with Crippen molar-refractivity contribution in [1.82, 2.24) is 5.32 Å². The summed E-state index contributed by atoms with van der Waals surface area (Å²) in [4.78, 5) is 12.0. The molecular weight excluding hydrogens is 282 g/mol. The molecule has 0 heterocycles. The van der Waals surface area contributed by atoms with Crippen molar-refractivity contribution in [2.45, 2.75) is 33.7 Å². The molecule has 0 aliphatic carbocycles. The van der Waals surface area contributed by atoms with E-state index in [0.717, 1.165) is 4.47 Å². The van der Waals surface area contributed by atoms with E-state index in [1.807, 2.05) is 6.92 Å². The minimum Gasteiger partial charge on any atom is -0.507 e. The van der Waals surface area contributed by atoms with Crippen LogP contribution in [0.2, 0.25) is 0 Å². The standard InChI is InChI=1S/C13H18BrNO2/c1-8(13(2,3)4)15-12(17)10-7-9(14)5-6-11(10)16/h5-8,16H,1-4H3,(H,15,17). The molecule has 1 atom stereocenters. The van der Waals surface area contributed by atoms with Gasteiger partial charge in [0.1, 0.15) is 5.75 Å². The molecule has 0 aromatic heterocycles.